The predicted octanol–water partition coefficient (Wildman–Crippen LogP) is 1.61. The van der Waals surface area contributed by atoms with Crippen molar-refractivity contribution >= 4 is 27.3 Å². The van der Waals surface area contributed by atoms with Gasteiger partial charge in [-0.1, -0.05) is 6.92 Å². The molecule has 0 aliphatic carbocycles. The van der Waals surface area contributed by atoms with Gasteiger partial charge in [0, 0.05) is 28.9 Å². The van der Waals surface area contributed by atoms with Gasteiger partial charge in [-0.25, -0.2) is 0 Å². The van der Waals surface area contributed by atoms with Crippen LogP contribution in [0.15, 0.2) is 15.9 Å². The number of nitrogens with zero attached hydrogens (tertiary/aromatic N) is 1. The second-order valence-electron chi connectivity index (χ2n) is 4.47. The predicted molar refractivity (Wildman–Crippen MR) is 78.7 cm³/mol. The third-order valence-electron chi connectivity index (χ3n) is 3.38. The van der Waals surface area contributed by atoms with Crippen LogP contribution in [0.2, 0.25) is 0 Å². The lowest BCUT2D eigenvalue weighted by Crippen LogP contribution is -2.54. The highest BCUT2D eigenvalue weighted by molar-refractivity contribution is 9.10. The van der Waals surface area contributed by atoms with Crippen molar-refractivity contribution in [2.24, 2.45) is 5.84 Å². The maximum atomic E-state index is 5.86. The normalized spacial score (nSPS) is 23.2. The average molecular weight is 334 g/mol. The second kappa shape index (κ2) is 6.98. The molecule has 2 unspecified atom stereocenters. The number of likely N-dealkylation sites (N-methyl/N-ethyl adjacent to an activating group) is 1. The number of hydrazine groups is 1. The fraction of sp³-hybridized carbons (Fsp3) is 0.667. The minimum absolute atomic E-state index is 0.161. The van der Waals surface area contributed by atoms with E-state index in [2.05, 4.69) is 44.6 Å². The maximum Gasteiger partial charge on any atom is 0.0872 e. The lowest BCUT2D eigenvalue weighted by atomic mass is 10.1. The molecular weight excluding hydrogens is 314 g/mol. The molecule has 1 aliphatic rings. The van der Waals surface area contributed by atoms with Crippen molar-refractivity contribution in [3.05, 3.63) is 20.8 Å². The zero-order valence-corrected chi connectivity index (χ0v) is 13.0. The molecule has 0 radical (unpaired) electrons. The molecular formula is C12H20BrN3OS. The van der Waals surface area contributed by atoms with E-state index in [0.29, 0.717) is 0 Å². The summed E-state index contributed by atoms with van der Waals surface area (Å²) in [6.07, 6.45) is 1.06. The van der Waals surface area contributed by atoms with Crippen molar-refractivity contribution in [2.75, 3.05) is 26.2 Å². The first kappa shape index (κ1) is 14.4. The van der Waals surface area contributed by atoms with Crippen molar-refractivity contribution < 1.29 is 4.74 Å². The van der Waals surface area contributed by atoms with E-state index in [4.69, 9.17) is 10.6 Å². The number of thiophene rings is 1. The third-order valence-corrected chi connectivity index (χ3v) is 5.33. The zero-order chi connectivity index (χ0) is 13.0. The smallest absolute Gasteiger partial charge is 0.0872 e. The summed E-state index contributed by atoms with van der Waals surface area (Å²) in [5.41, 5.74) is 2.92. The van der Waals surface area contributed by atoms with Crippen molar-refractivity contribution in [3.8, 4) is 0 Å². The van der Waals surface area contributed by atoms with Crippen LogP contribution < -0.4 is 11.3 Å². The van der Waals surface area contributed by atoms with E-state index >= 15 is 0 Å². The fourth-order valence-electron chi connectivity index (χ4n) is 2.23. The van der Waals surface area contributed by atoms with Crippen LogP contribution in [0.25, 0.3) is 0 Å². The number of ether oxygens (including phenoxy) is 1. The summed E-state index contributed by atoms with van der Waals surface area (Å²) >= 11 is 5.32. The van der Waals surface area contributed by atoms with Crippen LogP contribution in [0.3, 0.4) is 0 Å². The largest absolute Gasteiger partial charge is 0.374 e. The van der Waals surface area contributed by atoms with Crippen LogP contribution in [-0.2, 0) is 11.2 Å². The first-order chi connectivity index (χ1) is 8.74. The van der Waals surface area contributed by atoms with Gasteiger partial charge in [0.15, 0.2) is 0 Å². The molecule has 1 fully saturated rings. The molecule has 1 aromatic rings. The molecule has 0 saturated carbocycles. The van der Waals surface area contributed by atoms with Gasteiger partial charge in [0.2, 0.25) is 0 Å². The van der Waals surface area contributed by atoms with Crippen molar-refractivity contribution in [1.29, 1.82) is 0 Å². The lowest BCUT2D eigenvalue weighted by Gasteiger charge is -2.36. The van der Waals surface area contributed by atoms with Crippen LogP contribution in [0.4, 0.5) is 0 Å². The van der Waals surface area contributed by atoms with Gasteiger partial charge in [-0.05, 0) is 33.9 Å². The van der Waals surface area contributed by atoms with E-state index < -0.39 is 0 Å². The van der Waals surface area contributed by atoms with Gasteiger partial charge in [-0.2, -0.15) is 0 Å². The summed E-state index contributed by atoms with van der Waals surface area (Å²) in [4.78, 5) is 3.72. The van der Waals surface area contributed by atoms with Crippen LogP contribution in [0.5, 0.6) is 0 Å². The van der Waals surface area contributed by atoms with Crippen LogP contribution in [0.1, 0.15) is 11.8 Å². The summed E-state index contributed by atoms with van der Waals surface area (Å²) < 4.78 is 7.02. The van der Waals surface area contributed by atoms with Gasteiger partial charge in [-0.15, -0.1) is 11.3 Å². The molecule has 3 N–H and O–H groups in total. The lowest BCUT2D eigenvalue weighted by molar-refractivity contribution is -0.0446. The number of hydrogen-bond donors (Lipinski definition) is 2. The number of halogens is 1. The van der Waals surface area contributed by atoms with Gasteiger partial charge >= 0.3 is 0 Å². The Hall–Kier alpha value is 0.0200. The van der Waals surface area contributed by atoms with Gasteiger partial charge in [-0.3, -0.25) is 16.2 Å². The Morgan fingerprint density at radius 2 is 2.56 bits per heavy atom. The molecule has 0 bridgehead atoms. The number of morpholine rings is 1. The molecule has 0 amide bonds. The van der Waals surface area contributed by atoms with E-state index in [1.54, 1.807) is 11.3 Å². The SMILES string of the molecule is CCN1CCOC(C(Cc2sccc2Br)NN)C1. The molecule has 1 aromatic heterocycles. The van der Waals surface area contributed by atoms with Crippen molar-refractivity contribution in [3.63, 3.8) is 0 Å². The Balaban J connectivity index is 1.97. The summed E-state index contributed by atoms with van der Waals surface area (Å²) in [6, 6.07) is 2.24. The first-order valence-corrected chi connectivity index (χ1v) is 7.93. The molecule has 1 saturated heterocycles. The van der Waals surface area contributed by atoms with Crippen LogP contribution in [0, 0.1) is 0 Å². The highest BCUT2D eigenvalue weighted by Crippen LogP contribution is 2.25. The highest BCUT2D eigenvalue weighted by atomic mass is 79.9. The summed E-state index contributed by atoms with van der Waals surface area (Å²) in [5, 5.41) is 2.09. The fourth-order valence-corrected chi connectivity index (χ4v) is 3.80. The van der Waals surface area contributed by atoms with Gasteiger partial charge in [0.1, 0.15) is 0 Å². The standard InChI is InChI=1S/C12H20BrN3OS/c1-2-16-4-5-17-11(8-16)10(15-14)7-12-9(13)3-6-18-12/h3,6,10-11,15H,2,4-5,7-8,14H2,1H3. The molecule has 0 aromatic carbocycles. The first-order valence-electron chi connectivity index (χ1n) is 6.26. The molecule has 0 spiro atoms. The summed E-state index contributed by atoms with van der Waals surface area (Å²) in [5.74, 6) is 5.70. The molecule has 102 valence electrons. The van der Waals surface area contributed by atoms with E-state index in [1.165, 1.54) is 4.88 Å². The van der Waals surface area contributed by atoms with Gasteiger partial charge in [0.25, 0.3) is 0 Å². The number of rotatable bonds is 5. The Morgan fingerprint density at radius 1 is 1.72 bits per heavy atom. The summed E-state index contributed by atoms with van der Waals surface area (Å²) in [7, 11) is 0. The molecule has 2 atom stereocenters. The number of hydrogen-bond acceptors (Lipinski definition) is 5. The molecule has 2 rings (SSSR count). The maximum absolute atomic E-state index is 5.86. The third kappa shape index (κ3) is 3.53. The molecule has 18 heavy (non-hydrogen) atoms. The van der Waals surface area contributed by atoms with E-state index in [-0.39, 0.29) is 12.1 Å². The molecule has 6 heteroatoms. The van der Waals surface area contributed by atoms with E-state index in [9.17, 15) is 0 Å². The van der Waals surface area contributed by atoms with E-state index in [0.717, 1.165) is 37.1 Å². The van der Waals surface area contributed by atoms with Crippen molar-refractivity contribution in [2.45, 2.75) is 25.5 Å². The van der Waals surface area contributed by atoms with Gasteiger partial charge in [0.05, 0.1) is 18.8 Å². The van der Waals surface area contributed by atoms with Gasteiger partial charge < -0.3 is 4.74 Å². The Labute approximate surface area is 121 Å². The Kier molecular flexibility index (Phi) is 5.59. The van der Waals surface area contributed by atoms with Crippen molar-refractivity contribution in [1.82, 2.24) is 10.3 Å². The molecule has 4 nitrogen and oxygen atoms in total. The Morgan fingerprint density at radius 3 is 3.17 bits per heavy atom. The van der Waals surface area contributed by atoms with Crippen LogP contribution in [-0.4, -0.2) is 43.3 Å². The monoisotopic (exact) mass is 333 g/mol. The quantitative estimate of drug-likeness (QED) is 0.635. The highest BCUT2D eigenvalue weighted by Gasteiger charge is 2.27. The van der Waals surface area contributed by atoms with E-state index in [1.807, 2.05) is 0 Å². The van der Waals surface area contributed by atoms with Crippen LogP contribution >= 0.6 is 27.3 Å². The minimum Gasteiger partial charge on any atom is -0.374 e. The average Bonchev–Trinajstić information content (AvgIpc) is 2.81. The topological polar surface area (TPSA) is 50.5 Å². The minimum atomic E-state index is 0.161. The molecule has 2 heterocycles. The molecule has 1 aliphatic heterocycles. The second-order valence-corrected chi connectivity index (χ2v) is 6.33. The number of nitrogens with two attached hydrogens (primary N) is 1. The zero-order valence-electron chi connectivity index (χ0n) is 10.6. The number of nitrogens with one attached hydrogen (secondary N) is 1. The Bertz CT molecular complexity index is 374. The summed E-state index contributed by atoms with van der Waals surface area (Å²) in [6.45, 7) is 6.02.